The average molecular weight is 399 g/mol. The predicted octanol–water partition coefficient (Wildman–Crippen LogP) is 3.82. The Morgan fingerprint density at radius 2 is 1.79 bits per heavy atom. The van der Waals surface area contributed by atoms with E-state index in [0.717, 1.165) is 5.56 Å². The summed E-state index contributed by atoms with van der Waals surface area (Å²) < 4.78 is 10.6. The molecule has 0 radical (unpaired) electrons. The van der Waals surface area contributed by atoms with Crippen molar-refractivity contribution in [2.45, 2.75) is 6.54 Å². The van der Waals surface area contributed by atoms with E-state index in [2.05, 4.69) is 20.6 Å². The Kier molecular flexibility index (Phi) is 6.29. The Bertz CT molecular complexity index is 967. The number of rotatable bonds is 7. The largest absolute Gasteiger partial charge is 0.495 e. The molecule has 1 amide bonds. The van der Waals surface area contributed by atoms with E-state index in [1.165, 1.54) is 20.5 Å². The van der Waals surface area contributed by atoms with Gasteiger partial charge in [0.05, 0.1) is 24.9 Å². The van der Waals surface area contributed by atoms with Gasteiger partial charge in [-0.3, -0.25) is 4.79 Å². The first-order valence-corrected chi connectivity index (χ1v) is 8.81. The number of ether oxygens (including phenoxy) is 2. The molecule has 0 bridgehead atoms. The van der Waals surface area contributed by atoms with E-state index in [0.29, 0.717) is 34.6 Å². The minimum atomic E-state index is -0.296. The molecule has 2 N–H and O–H groups in total. The highest BCUT2D eigenvalue weighted by atomic mass is 35.5. The first-order valence-electron chi connectivity index (χ1n) is 8.43. The number of nitrogens with one attached hydrogen (secondary N) is 2. The van der Waals surface area contributed by atoms with Crippen LogP contribution in [0.4, 0.5) is 11.5 Å². The van der Waals surface area contributed by atoms with Gasteiger partial charge in [-0.1, -0.05) is 41.9 Å². The van der Waals surface area contributed by atoms with Crippen molar-refractivity contribution in [3.8, 4) is 11.5 Å². The first kappa shape index (κ1) is 19.4. The van der Waals surface area contributed by atoms with E-state index in [1.54, 1.807) is 18.2 Å². The van der Waals surface area contributed by atoms with Gasteiger partial charge in [0, 0.05) is 24.7 Å². The van der Waals surface area contributed by atoms with Gasteiger partial charge in [0.2, 0.25) is 0 Å². The van der Waals surface area contributed by atoms with Gasteiger partial charge >= 0.3 is 0 Å². The molecule has 0 saturated carbocycles. The van der Waals surface area contributed by atoms with Gasteiger partial charge in [-0.25, -0.2) is 9.97 Å². The summed E-state index contributed by atoms with van der Waals surface area (Å²) in [7, 11) is 3.06. The minimum absolute atomic E-state index is 0.244. The Morgan fingerprint density at radius 1 is 1.04 bits per heavy atom. The molecule has 0 aliphatic carbocycles. The summed E-state index contributed by atoms with van der Waals surface area (Å²) in [6.45, 7) is 0.411. The zero-order valence-electron chi connectivity index (χ0n) is 15.4. The smallest absolute Gasteiger partial charge is 0.270 e. The third kappa shape index (κ3) is 4.69. The Hall–Kier alpha value is -3.32. The molecule has 0 unspecified atom stereocenters. The zero-order chi connectivity index (χ0) is 19.9. The second-order valence-corrected chi connectivity index (χ2v) is 6.18. The molecule has 0 aliphatic rings. The van der Waals surface area contributed by atoms with Crippen molar-refractivity contribution < 1.29 is 14.3 Å². The van der Waals surface area contributed by atoms with Crippen molar-refractivity contribution in [3.05, 3.63) is 71.1 Å². The van der Waals surface area contributed by atoms with Gasteiger partial charge < -0.3 is 20.1 Å². The Balaban J connectivity index is 1.75. The maximum atomic E-state index is 12.4. The summed E-state index contributed by atoms with van der Waals surface area (Å²) in [6.07, 6.45) is 1.32. The van der Waals surface area contributed by atoms with Crippen LogP contribution in [0.15, 0.2) is 54.9 Å². The zero-order valence-corrected chi connectivity index (χ0v) is 16.2. The number of methoxy groups -OCH3 is 2. The Labute approximate surface area is 167 Å². The molecule has 7 nitrogen and oxygen atoms in total. The number of hydrogen-bond donors (Lipinski definition) is 2. The summed E-state index contributed by atoms with van der Waals surface area (Å²) in [6, 6.07) is 14.5. The van der Waals surface area contributed by atoms with Gasteiger partial charge in [-0.05, 0) is 5.56 Å². The number of aromatic nitrogens is 2. The number of carbonyl (C=O) groups excluding carboxylic acids is 1. The van der Waals surface area contributed by atoms with E-state index in [4.69, 9.17) is 21.1 Å². The van der Waals surface area contributed by atoms with Crippen LogP contribution >= 0.6 is 11.6 Å². The van der Waals surface area contributed by atoms with Gasteiger partial charge in [0.1, 0.15) is 29.3 Å². The quantitative estimate of drug-likeness (QED) is 0.629. The molecule has 0 fully saturated rings. The highest BCUT2D eigenvalue weighted by molar-refractivity contribution is 6.32. The summed E-state index contributed by atoms with van der Waals surface area (Å²) in [5.74, 6) is 1.14. The van der Waals surface area contributed by atoms with Crippen molar-refractivity contribution in [1.82, 2.24) is 15.3 Å². The van der Waals surface area contributed by atoms with Crippen molar-refractivity contribution in [3.63, 3.8) is 0 Å². The number of halogens is 1. The summed E-state index contributed by atoms with van der Waals surface area (Å²) >= 11 is 6.12. The van der Waals surface area contributed by atoms with E-state index in [1.807, 2.05) is 30.3 Å². The number of benzene rings is 2. The molecule has 2 aromatic carbocycles. The van der Waals surface area contributed by atoms with E-state index >= 15 is 0 Å². The maximum absolute atomic E-state index is 12.4. The molecule has 1 heterocycles. The molecule has 3 aromatic rings. The summed E-state index contributed by atoms with van der Waals surface area (Å²) in [4.78, 5) is 20.6. The summed E-state index contributed by atoms with van der Waals surface area (Å²) in [5.41, 5.74) is 1.84. The molecule has 0 atom stereocenters. The second kappa shape index (κ2) is 9.05. The van der Waals surface area contributed by atoms with Crippen molar-refractivity contribution in [1.29, 1.82) is 0 Å². The lowest BCUT2D eigenvalue weighted by atomic mass is 10.2. The number of anilines is 2. The molecule has 3 rings (SSSR count). The van der Waals surface area contributed by atoms with Gasteiger partial charge in [-0.2, -0.15) is 0 Å². The van der Waals surface area contributed by atoms with Gasteiger partial charge in [0.25, 0.3) is 5.91 Å². The number of carbonyl (C=O) groups is 1. The molecule has 28 heavy (non-hydrogen) atoms. The van der Waals surface area contributed by atoms with E-state index < -0.39 is 0 Å². The van der Waals surface area contributed by atoms with Gasteiger partial charge in [0.15, 0.2) is 0 Å². The first-order chi connectivity index (χ1) is 13.6. The standard InChI is InChI=1S/C20H19ClN4O3/c1-27-17-9-15(18(28-2)8-14(17)21)25-19-10-16(23-12-24-19)20(26)22-11-13-6-4-3-5-7-13/h3-10,12H,11H2,1-2H3,(H,22,26)(H,23,24,25). The fourth-order valence-electron chi connectivity index (χ4n) is 2.51. The van der Waals surface area contributed by atoms with E-state index in [9.17, 15) is 4.79 Å². The van der Waals surface area contributed by atoms with Crippen LogP contribution in [0.1, 0.15) is 16.1 Å². The van der Waals surface area contributed by atoms with Crippen LogP contribution in [-0.4, -0.2) is 30.1 Å². The Morgan fingerprint density at radius 3 is 2.50 bits per heavy atom. The van der Waals surface area contributed by atoms with Crippen LogP contribution < -0.4 is 20.1 Å². The monoisotopic (exact) mass is 398 g/mol. The van der Waals surface area contributed by atoms with Crippen molar-refractivity contribution in [2.24, 2.45) is 0 Å². The number of nitrogens with zero attached hydrogens (tertiary/aromatic N) is 2. The average Bonchev–Trinajstić information content (AvgIpc) is 2.73. The van der Waals surface area contributed by atoms with Crippen LogP contribution in [-0.2, 0) is 6.54 Å². The van der Waals surface area contributed by atoms with Crippen molar-refractivity contribution >= 4 is 29.0 Å². The number of amides is 1. The molecule has 0 saturated heterocycles. The minimum Gasteiger partial charge on any atom is -0.495 e. The SMILES string of the molecule is COc1cc(Nc2cc(C(=O)NCc3ccccc3)ncn2)c(OC)cc1Cl. The van der Waals surface area contributed by atoms with Crippen LogP contribution in [0.2, 0.25) is 5.02 Å². The molecule has 144 valence electrons. The molecular formula is C20H19ClN4O3. The molecule has 8 heteroatoms. The third-order valence-electron chi connectivity index (χ3n) is 3.93. The fraction of sp³-hybridized carbons (Fsp3) is 0.150. The highest BCUT2D eigenvalue weighted by Gasteiger charge is 2.13. The third-order valence-corrected chi connectivity index (χ3v) is 4.23. The maximum Gasteiger partial charge on any atom is 0.270 e. The van der Waals surface area contributed by atoms with Gasteiger partial charge in [-0.15, -0.1) is 0 Å². The molecule has 0 aliphatic heterocycles. The molecule has 0 spiro atoms. The van der Waals surface area contributed by atoms with Crippen LogP contribution in [0.25, 0.3) is 0 Å². The molecular weight excluding hydrogens is 380 g/mol. The molecule has 1 aromatic heterocycles. The second-order valence-electron chi connectivity index (χ2n) is 5.77. The van der Waals surface area contributed by atoms with Crippen LogP contribution in [0.3, 0.4) is 0 Å². The predicted molar refractivity (Wildman–Crippen MR) is 107 cm³/mol. The summed E-state index contributed by atoms with van der Waals surface area (Å²) in [5, 5.41) is 6.36. The normalized spacial score (nSPS) is 10.2. The van der Waals surface area contributed by atoms with Crippen LogP contribution in [0, 0.1) is 0 Å². The lowest BCUT2D eigenvalue weighted by molar-refractivity contribution is 0.0946. The lowest BCUT2D eigenvalue weighted by Crippen LogP contribution is -2.24. The number of hydrogen-bond acceptors (Lipinski definition) is 6. The topological polar surface area (TPSA) is 85.4 Å². The highest BCUT2D eigenvalue weighted by Crippen LogP contribution is 2.37. The lowest BCUT2D eigenvalue weighted by Gasteiger charge is -2.13. The van der Waals surface area contributed by atoms with Crippen molar-refractivity contribution in [2.75, 3.05) is 19.5 Å². The fourth-order valence-corrected chi connectivity index (χ4v) is 2.75. The van der Waals surface area contributed by atoms with E-state index in [-0.39, 0.29) is 11.6 Å². The van der Waals surface area contributed by atoms with Crippen LogP contribution in [0.5, 0.6) is 11.5 Å².